The van der Waals surface area contributed by atoms with Crippen molar-refractivity contribution in [1.29, 1.82) is 0 Å². The number of benzene rings is 1. The number of pyridine rings is 1. The van der Waals surface area contributed by atoms with Crippen LogP contribution in [0.2, 0.25) is 0 Å². The van der Waals surface area contributed by atoms with E-state index < -0.39 is 6.10 Å². The molecule has 1 atom stereocenters. The van der Waals surface area contributed by atoms with Crippen LogP contribution in [0.5, 0.6) is 0 Å². The first kappa shape index (κ1) is 19.1. The predicted molar refractivity (Wildman–Crippen MR) is 99.3 cm³/mol. The van der Waals surface area contributed by atoms with Gasteiger partial charge in [-0.2, -0.15) is 0 Å². The maximum absolute atomic E-state index is 11.9. The lowest BCUT2D eigenvalue weighted by Gasteiger charge is -2.30. The van der Waals surface area contributed by atoms with Gasteiger partial charge in [-0.25, -0.2) is 0 Å². The largest absolute Gasteiger partial charge is 0.390 e. The molecule has 25 heavy (non-hydrogen) atoms. The second kappa shape index (κ2) is 9.91. The van der Waals surface area contributed by atoms with Gasteiger partial charge in [0.25, 0.3) is 5.91 Å². The van der Waals surface area contributed by atoms with Crippen LogP contribution < -0.4 is 5.32 Å². The molecule has 2 aromatic rings. The summed E-state index contributed by atoms with van der Waals surface area (Å²) in [6, 6.07) is 11.7. The highest BCUT2D eigenvalue weighted by molar-refractivity contribution is 5.93. The summed E-state index contributed by atoms with van der Waals surface area (Å²) in [5.41, 5.74) is 3.27. The quantitative estimate of drug-likeness (QED) is 0.875. The zero-order valence-corrected chi connectivity index (χ0v) is 15.0. The molecule has 5 nitrogen and oxygen atoms in total. The Morgan fingerprint density at radius 1 is 1.20 bits per heavy atom. The van der Waals surface area contributed by atoms with Crippen molar-refractivity contribution >= 4 is 5.91 Å². The summed E-state index contributed by atoms with van der Waals surface area (Å²) >= 11 is 0. The maximum atomic E-state index is 11.9. The molecule has 1 aromatic carbocycles. The number of nitrogens with one attached hydrogen (secondary N) is 1. The number of rotatable bonds is 5. The van der Waals surface area contributed by atoms with Crippen molar-refractivity contribution in [3.05, 3.63) is 65.5 Å². The first-order valence-electron chi connectivity index (χ1n) is 8.88. The van der Waals surface area contributed by atoms with Gasteiger partial charge in [-0.1, -0.05) is 38.1 Å². The first-order valence-corrected chi connectivity index (χ1v) is 8.88. The zero-order chi connectivity index (χ0) is 18.1. The Morgan fingerprint density at radius 2 is 1.88 bits per heavy atom. The van der Waals surface area contributed by atoms with Crippen molar-refractivity contribution in [1.82, 2.24) is 15.2 Å². The summed E-state index contributed by atoms with van der Waals surface area (Å²) in [5.74, 6) is -0.185. The molecule has 0 bridgehead atoms. The standard InChI is InChI=1S/C18H21N3O2.C2H6/c22-17(11-20-18(23)15-5-8-19-9-6-15)13-21-10-7-14-3-1-2-4-16(14)12-21;1-2/h1-6,8-9,17,22H,7,10-13H2,(H,20,23);1-2H3/t17-;/m0./s1. The van der Waals surface area contributed by atoms with Crippen LogP contribution in [0.4, 0.5) is 0 Å². The summed E-state index contributed by atoms with van der Waals surface area (Å²) in [7, 11) is 0. The molecule has 2 heterocycles. The highest BCUT2D eigenvalue weighted by Crippen LogP contribution is 2.18. The van der Waals surface area contributed by atoms with Crippen molar-refractivity contribution in [2.75, 3.05) is 19.6 Å². The molecule has 2 N–H and O–H groups in total. The number of fused-ring (bicyclic) bond motifs is 1. The van der Waals surface area contributed by atoms with Crippen molar-refractivity contribution in [2.45, 2.75) is 32.9 Å². The summed E-state index contributed by atoms with van der Waals surface area (Å²) in [6.07, 6.45) is 3.59. The number of aromatic nitrogens is 1. The molecular formula is C20H27N3O2. The highest BCUT2D eigenvalue weighted by atomic mass is 16.3. The third kappa shape index (κ3) is 5.66. The minimum absolute atomic E-state index is 0.185. The third-order valence-corrected chi connectivity index (χ3v) is 4.12. The first-order chi connectivity index (χ1) is 12.2. The van der Waals surface area contributed by atoms with Gasteiger partial charge in [0, 0.05) is 44.1 Å². The molecule has 1 aliphatic rings. The van der Waals surface area contributed by atoms with E-state index in [1.807, 2.05) is 19.9 Å². The van der Waals surface area contributed by atoms with Crippen molar-refractivity contribution in [2.24, 2.45) is 0 Å². The van der Waals surface area contributed by atoms with Crippen molar-refractivity contribution < 1.29 is 9.90 Å². The molecule has 3 rings (SSSR count). The number of nitrogens with zero attached hydrogens (tertiary/aromatic N) is 2. The lowest BCUT2D eigenvalue weighted by atomic mass is 10.00. The number of aliphatic hydroxyl groups is 1. The number of aliphatic hydroxyl groups excluding tert-OH is 1. The Hall–Kier alpha value is -2.24. The van der Waals surface area contributed by atoms with E-state index >= 15 is 0 Å². The Bertz CT molecular complexity index is 661. The SMILES string of the molecule is CC.O=C(NC[C@H](O)CN1CCc2ccccc2C1)c1ccncc1. The van der Waals surface area contributed by atoms with Crippen LogP contribution in [0.3, 0.4) is 0 Å². The van der Waals surface area contributed by atoms with Crippen LogP contribution in [0, 0.1) is 0 Å². The van der Waals surface area contributed by atoms with E-state index in [-0.39, 0.29) is 12.5 Å². The van der Waals surface area contributed by atoms with Gasteiger partial charge >= 0.3 is 0 Å². The maximum Gasteiger partial charge on any atom is 0.251 e. The van der Waals surface area contributed by atoms with Crippen LogP contribution in [0.1, 0.15) is 35.3 Å². The number of β-amino-alcohol motifs (C(OH)–C–C–N with tert-alkyl or cyclic N) is 1. The van der Waals surface area contributed by atoms with E-state index in [0.29, 0.717) is 12.1 Å². The Morgan fingerprint density at radius 3 is 2.60 bits per heavy atom. The molecule has 0 fully saturated rings. The van der Waals surface area contributed by atoms with Gasteiger partial charge in [-0.3, -0.25) is 14.7 Å². The molecule has 134 valence electrons. The van der Waals surface area contributed by atoms with E-state index in [1.165, 1.54) is 11.1 Å². The van der Waals surface area contributed by atoms with E-state index in [9.17, 15) is 9.90 Å². The van der Waals surface area contributed by atoms with Crippen LogP contribution in [0.15, 0.2) is 48.8 Å². The smallest absolute Gasteiger partial charge is 0.251 e. The van der Waals surface area contributed by atoms with Crippen LogP contribution in [0.25, 0.3) is 0 Å². The van der Waals surface area contributed by atoms with Crippen LogP contribution in [-0.2, 0) is 13.0 Å². The fourth-order valence-corrected chi connectivity index (χ4v) is 2.89. The van der Waals surface area contributed by atoms with Crippen LogP contribution >= 0.6 is 0 Å². The summed E-state index contributed by atoms with van der Waals surface area (Å²) < 4.78 is 0. The third-order valence-electron chi connectivity index (χ3n) is 4.12. The zero-order valence-electron chi connectivity index (χ0n) is 15.0. The Balaban J connectivity index is 0.00000109. The minimum atomic E-state index is -0.578. The molecule has 1 amide bonds. The number of carbonyl (C=O) groups excluding carboxylic acids is 1. The Kier molecular flexibility index (Phi) is 7.57. The van der Waals surface area contributed by atoms with Gasteiger partial charge in [0.05, 0.1) is 6.10 Å². The molecule has 0 saturated heterocycles. The lowest BCUT2D eigenvalue weighted by molar-refractivity contribution is 0.0842. The van der Waals surface area contributed by atoms with Crippen molar-refractivity contribution in [3.63, 3.8) is 0 Å². The molecular weight excluding hydrogens is 314 g/mol. The lowest BCUT2D eigenvalue weighted by Crippen LogP contribution is -2.42. The molecule has 0 unspecified atom stereocenters. The second-order valence-electron chi connectivity index (χ2n) is 5.85. The summed E-state index contributed by atoms with van der Waals surface area (Å²) in [5, 5.41) is 12.9. The molecule has 0 aliphatic carbocycles. The number of amides is 1. The monoisotopic (exact) mass is 341 g/mol. The van der Waals surface area contributed by atoms with Crippen LogP contribution in [-0.4, -0.2) is 46.6 Å². The van der Waals surface area contributed by atoms with E-state index in [1.54, 1.807) is 24.5 Å². The van der Waals surface area contributed by atoms with E-state index in [0.717, 1.165) is 19.5 Å². The fraction of sp³-hybridized carbons (Fsp3) is 0.400. The van der Waals surface area contributed by atoms with E-state index in [2.05, 4.69) is 33.4 Å². The molecule has 0 radical (unpaired) electrons. The van der Waals surface area contributed by atoms with Gasteiger partial charge in [-0.15, -0.1) is 0 Å². The molecule has 1 aliphatic heterocycles. The molecule has 0 spiro atoms. The van der Waals surface area contributed by atoms with Gasteiger partial charge in [0.2, 0.25) is 0 Å². The average molecular weight is 341 g/mol. The highest BCUT2D eigenvalue weighted by Gasteiger charge is 2.18. The number of carbonyl (C=O) groups is 1. The summed E-state index contributed by atoms with van der Waals surface area (Å²) in [6.45, 7) is 6.60. The summed E-state index contributed by atoms with van der Waals surface area (Å²) in [4.78, 5) is 18.1. The molecule has 0 saturated carbocycles. The number of hydrogen-bond acceptors (Lipinski definition) is 4. The normalized spacial score (nSPS) is 14.7. The topological polar surface area (TPSA) is 65.5 Å². The Labute approximate surface area is 149 Å². The average Bonchev–Trinajstić information content (AvgIpc) is 2.68. The van der Waals surface area contributed by atoms with Gasteiger partial charge in [0.15, 0.2) is 0 Å². The van der Waals surface area contributed by atoms with Gasteiger partial charge in [0.1, 0.15) is 0 Å². The van der Waals surface area contributed by atoms with Gasteiger partial charge in [-0.05, 0) is 29.7 Å². The minimum Gasteiger partial charge on any atom is -0.390 e. The van der Waals surface area contributed by atoms with Gasteiger partial charge < -0.3 is 10.4 Å². The predicted octanol–water partition coefficient (Wildman–Crippen LogP) is 2.26. The van der Waals surface area contributed by atoms with E-state index in [4.69, 9.17) is 0 Å². The second-order valence-corrected chi connectivity index (χ2v) is 5.85. The number of hydrogen-bond donors (Lipinski definition) is 2. The van der Waals surface area contributed by atoms with Crippen molar-refractivity contribution in [3.8, 4) is 0 Å². The fourth-order valence-electron chi connectivity index (χ4n) is 2.89. The molecule has 1 aromatic heterocycles. The molecule has 5 heteroatoms.